The molecule has 1 unspecified atom stereocenters. The van der Waals surface area contributed by atoms with Crippen LogP contribution >= 0.6 is 0 Å². The smallest absolute Gasteiger partial charge is 0.0826 e. The first-order valence-corrected chi connectivity index (χ1v) is 6.72. The number of benzene rings is 1. The molecule has 1 fully saturated rings. The summed E-state index contributed by atoms with van der Waals surface area (Å²) in [5.74, 6) is 0. The van der Waals surface area contributed by atoms with Gasteiger partial charge < -0.3 is 15.0 Å². The fourth-order valence-corrected chi connectivity index (χ4v) is 2.28. The van der Waals surface area contributed by atoms with Gasteiger partial charge in [-0.1, -0.05) is 18.2 Å². The van der Waals surface area contributed by atoms with Gasteiger partial charge in [-0.05, 0) is 37.6 Å². The molecule has 0 spiro atoms. The van der Waals surface area contributed by atoms with Crippen molar-refractivity contribution < 1.29 is 4.74 Å². The van der Waals surface area contributed by atoms with Crippen LogP contribution in [0.3, 0.4) is 0 Å². The normalized spacial score (nSPS) is 21.2. The standard InChI is InChI=1S/C15H24N2O/c1-12-4-5-14(8-13(12)2)9-16-10-15-11-17(3)6-7-18-15/h4-5,8,15-16H,6-7,9-11H2,1-3H3. The Balaban J connectivity index is 1.76. The molecule has 1 aliphatic heterocycles. The van der Waals surface area contributed by atoms with Gasteiger partial charge in [0, 0.05) is 26.2 Å². The fourth-order valence-electron chi connectivity index (χ4n) is 2.28. The van der Waals surface area contributed by atoms with Crippen molar-refractivity contribution in [3.8, 4) is 0 Å². The van der Waals surface area contributed by atoms with Crippen LogP contribution < -0.4 is 5.32 Å². The number of hydrogen-bond acceptors (Lipinski definition) is 3. The zero-order valence-electron chi connectivity index (χ0n) is 11.7. The van der Waals surface area contributed by atoms with Gasteiger partial charge in [-0.25, -0.2) is 0 Å². The molecule has 1 aromatic rings. The summed E-state index contributed by atoms with van der Waals surface area (Å²) in [6.07, 6.45) is 0.329. The van der Waals surface area contributed by atoms with Gasteiger partial charge in [-0.2, -0.15) is 0 Å². The zero-order valence-corrected chi connectivity index (χ0v) is 11.7. The summed E-state index contributed by atoms with van der Waals surface area (Å²) in [6, 6.07) is 6.65. The van der Waals surface area contributed by atoms with Crippen LogP contribution in [0.15, 0.2) is 18.2 Å². The lowest BCUT2D eigenvalue weighted by Gasteiger charge is -2.30. The zero-order chi connectivity index (χ0) is 13.0. The van der Waals surface area contributed by atoms with Gasteiger partial charge in [0.15, 0.2) is 0 Å². The van der Waals surface area contributed by atoms with Crippen LogP contribution in [0.2, 0.25) is 0 Å². The lowest BCUT2D eigenvalue weighted by molar-refractivity contribution is -0.0182. The Kier molecular flexibility index (Phi) is 4.75. The molecule has 0 aromatic heterocycles. The summed E-state index contributed by atoms with van der Waals surface area (Å²) in [6.45, 7) is 9.10. The monoisotopic (exact) mass is 248 g/mol. The maximum atomic E-state index is 5.72. The Morgan fingerprint density at radius 3 is 2.89 bits per heavy atom. The minimum Gasteiger partial charge on any atom is -0.374 e. The van der Waals surface area contributed by atoms with E-state index in [-0.39, 0.29) is 0 Å². The summed E-state index contributed by atoms with van der Waals surface area (Å²) in [5, 5.41) is 3.49. The quantitative estimate of drug-likeness (QED) is 0.878. The first-order valence-electron chi connectivity index (χ1n) is 6.72. The topological polar surface area (TPSA) is 24.5 Å². The number of rotatable bonds is 4. The number of aryl methyl sites for hydroxylation is 2. The molecular weight excluding hydrogens is 224 g/mol. The Bertz CT molecular complexity index is 392. The van der Waals surface area contributed by atoms with Crippen molar-refractivity contribution in [3.05, 3.63) is 34.9 Å². The molecule has 0 amide bonds. The molecule has 3 nitrogen and oxygen atoms in total. The molecule has 0 saturated carbocycles. The highest BCUT2D eigenvalue weighted by molar-refractivity contribution is 5.29. The fraction of sp³-hybridized carbons (Fsp3) is 0.600. The third-order valence-electron chi connectivity index (χ3n) is 3.61. The summed E-state index contributed by atoms with van der Waals surface area (Å²) in [4.78, 5) is 2.33. The SMILES string of the molecule is Cc1ccc(CNCC2CN(C)CCO2)cc1C. The van der Waals surface area contributed by atoms with Crippen molar-refractivity contribution in [2.75, 3.05) is 33.3 Å². The van der Waals surface area contributed by atoms with Gasteiger partial charge in [0.05, 0.1) is 12.7 Å². The number of nitrogens with zero attached hydrogens (tertiary/aromatic N) is 1. The Labute approximate surface area is 110 Å². The molecule has 2 rings (SSSR count). The largest absolute Gasteiger partial charge is 0.374 e. The average Bonchev–Trinajstić information content (AvgIpc) is 2.34. The van der Waals surface area contributed by atoms with Crippen molar-refractivity contribution in [1.82, 2.24) is 10.2 Å². The molecule has 3 heteroatoms. The lowest BCUT2D eigenvalue weighted by Crippen LogP contribution is -2.44. The van der Waals surface area contributed by atoms with Crippen molar-refractivity contribution >= 4 is 0 Å². The van der Waals surface area contributed by atoms with Crippen molar-refractivity contribution in [2.45, 2.75) is 26.5 Å². The van der Waals surface area contributed by atoms with Crippen LogP contribution in [-0.4, -0.2) is 44.3 Å². The molecule has 100 valence electrons. The maximum absolute atomic E-state index is 5.72. The molecule has 1 N–H and O–H groups in total. The minimum atomic E-state index is 0.329. The predicted octanol–water partition coefficient (Wildman–Crippen LogP) is 1.72. The van der Waals surface area contributed by atoms with E-state index in [0.29, 0.717) is 6.10 Å². The molecular formula is C15H24N2O. The van der Waals surface area contributed by atoms with Crippen LogP contribution in [0.1, 0.15) is 16.7 Å². The predicted molar refractivity (Wildman–Crippen MR) is 74.9 cm³/mol. The minimum absolute atomic E-state index is 0.329. The molecule has 1 saturated heterocycles. The molecule has 0 bridgehead atoms. The van der Waals surface area contributed by atoms with E-state index in [9.17, 15) is 0 Å². The molecule has 18 heavy (non-hydrogen) atoms. The van der Waals surface area contributed by atoms with Gasteiger partial charge in [0.2, 0.25) is 0 Å². The third kappa shape index (κ3) is 3.80. The van der Waals surface area contributed by atoms with Crippen LogP contribution in [-0.2, 0) is 11.3 Å². The van der Waals surface area contributed by atoms with E-state index in [1.807, 2.05) is 0 Å². The van der Waals surface area contributed by atoms with E-state index >= 15 is 0 Å². The molecule has 1 aliphatic rings. The summed E-state index contributed by atoms with van der Waals surface area (Å²) >= 11 is 0. The number of nitrogens with one attached hydrogen (secondary N) is 1. The Morgan fingerprint density at radius 1 is 1.33 bits per heavy atom. The third-order valence-corrected chi connectivity index (χ3v) is 3.61. The van der Waals surface area contributed by atoms with E-state index < -0.39 is 0 Å². The van der Waals surface area contributed by atoms with E-state index in [4.69, 9.17) is 4.74 Å². The summed E-state index contributed by atoms with van der Waals surface area (Å²) < 4.78 is 5.72. The highest BCUT2D eigenvalue weighted by atomic mass is 16.5. The molecule has 1 aromatic carbocycles. The second-order valence-corrected chi connectivity index (χ2v) is 5.30. The van der Waals surface area contributed by atoms with Crippen LogP contribution in [0.25, 0.3) is 0 Å². The summed E-state index contributed by atoms with van der Waals surface area (Å²) in [5.41, 5.74) is 4.07. The van der Waals surface area contributed by atoms with E-state index in [0.717, 1.165) is 32.8 Å². The molecule has 0 aliphatic carbocycles. The van der Waals surface area contributed by atoms with Crippen molar-refractivity contribution in [3.63, 3.8) is 0 Å². The second-order valence-electron chi connectivity index (χ2n) is 5.30. The number of hydrogen-bond donors (Lipinski definition) is 1. The molecule has 1 heterocycles. The second kappa shape index (κ2) is 6.32. The van der Waals surface area contributed by atoms with Crippen LogP contribution in [0.5, 0.6) is 0 Å². The van der Waals surface area contributed by atoms with Crippen molar-refractivity contribution in [1.29, 1.82) is 0 Å². The molecule has 0 radical (unpaired) electrons. The van der Waals surface area contributed by atoms with E-state index in [2.05, 4.69) is 49.3 Å². The van der Waals surface area contributed by atoms with Crippen LogP contribution in [0.4, 0.5) is 0 Å². The van der Waals surface area contributed by atoms with Gasteiger partial charge >= 0.3 is 0 Å². The molecule has 1 atom stereocenters. The average molecular weight is 248 g/mol. The first-order chi connectivity index (χ1) is 8.65. The van der Waals surface area contributed by atoms with Gasteiger partial charge in [0.25, 0.3) is 0 Å². The highest BCUT2D eigenvalue weighted by Gasteiger charge is 2.16. The van der Waals surface area contributed by atoms with Gasteiger partial charge in [0.1, 0.15) is 0 Å². The maximum Gasteiger partial charge on any atom is 0.0826 e. The van der Waals surface area contributed by atoms with Gasteiger partial charge in [-0.15, -0.1) is 0 Å². The Morgan fingerprint density at radius 2 is 2.17 bits per heavy atom. The van der Waals surface area contributed by atoms with Crippen molar-refractivity contribution in [2.24, 2.45) is 0 Å². The highest BCUT2D eigenvalue weighted by Crippen LogP contribution is 2.09. The first kappa shape index (κ1) is 13.5. The summed E-state index contributed by atoms with van der Waals surface area (Å²) in [7, 11) is 2.15. The van der Waals surface area contributed by atoms with Crippen LogP contribution in [0, 0.1) is 13.8 Å². The van der Waals surface area contributed by atoms with E-state index in [1.165, 1.54) is 16.7 Å². The Hall–Kier alpha value is -0.900. The number of morpholine rings is 1. The van der Waals surface area contributed by atoms with E-state index in [1.54, 1.807) is 0 Å². The number of ether oxygens (including phenoxy) is 1. The lowest BCUT2D eigenvalue weighted by atomic mass is 10.1. The number of likely N-dealkylation sites (N-methyl/N-ethyl adjacent to an activating group) is 1. The van der Waals surface area contributed by atoms with Gasteiger partial charge in [-0.3, -0.25) is 0 Å².